The molecule has 15 heavy (non-hydrogen) atoms. The van der Waals surface area contributed by atoms with Crippen molar-refractivity contribution in [3.8, 4) is 0 Å². The van der Waals surface area contributed by atoms with E-state index in [0.717, 1.165) is 22.7 Å². The number of para-hydroxylation sites is 1. The average molecular weight is 238 g/mol. The molecule has 4 heteroatoms. The van der Waals surface area contributed by atoms with Crippen molar-refractivity contribution in [1.82, 2.24) is 4.98 Å². The molecule has 2 aromatic rings. The number of hydrogen-bond acceptors (Lipinski definition) is 4. The Labute approximate surface area is 97.9 Å². The van der Waals surface area contributed by atoms with Crippen LogP contribution in [0.25, 0.3) is 10.2 Å². The van der Waals surface area contributed by atoms with Crippen LogP contribution < -0.4 is 5.73 Å². The Kier molecular flexibility index (Phi) is 3.61. The predicted molar refractivity (Wildman–Crippen MR) is 69.5 cm³/mol. The zero-order chi connectivity index (χ0) is 10.7. The van der Waals surface area contributed by atoms with Crippen LogP contribution in [0.1, 0.15) is 17.5 Å². The number of thioether (sulfide) groups is 1. The Bertz CT molecular complexity index is 406. The summed E-state index contributed by atoms with van der Waals surface area (Å²) in [7, 11) is 0. The molecular formula is C11H14N2S2. The van der Waals surface area contributed by atoms with Crippen molar-refractivity contribution < 1.29 is 0 Å². The highest BCUT2D eigenvalue weighted by Crippen LogP contribution is 2.26. The van der Waals surface area contributed by atoms with Gasteiger partial charge in [-0.05, 0) is 30.6 Å². The summed E-state index contributed by atoms with van der Waals surface area (Å²) in [5.74, 6) is 1.09. The predicted octanol–water partition coefficient (Wildman–Crippen LogP) is 3.05. The second-order valence-electron chi connectivity index (χ2n) is 3.41. The minimum Gasteiger partial charge on any atom is -0.322 e. The zero-order valence-electron chi connectivity index (χ0n) is 8.64. The van der Waals surface area contributed by atoms with Crippen molar-refractivity contribution in [1.29, 1.82) is 0 Å². The summed E-state index contributed by atoms with van der Waals surface area (Å²) in [6.07, 6.45) is 3.10. The fraction of sp³-hybridized carbons (Fsp3) is 0.364. The maximum atomic E-state index is 6.08. The molecule has 0 aliphatic carbocycles. The molecule has 2 N–H and O–H groups in total. The molecule has 0 saturated heterocycles. The Hall–Kier alpha value is -0.580. The lowest BCUT2D eigenvalue weighted by molar-refractivity contribution is 0.701. The molecule has 0 saturated carbocycles. The summed E-state index contributed by atoms with van der Waals surface area (Å²) in [5.41, 5.74) is 7.15. The van der Waals surface area contributed by atoms with Crippen LogP contribution in [0.3, 0.4) is 0 Å². The number of hydrogen-bond donors (Lipinski definition) is 1. The van der Waals surface area contributed by atoms with Crippen LogP contribution in [0.15, 0.2) is 24.3 Å². The second kappa shape index (κ2) is 4.96. The van der Waals surface area contributed by atoms with Crippen molar-refractivity contribution >= 4 is 33.3 Å². The number of rotatable bonds is 4. The summed E-state index contributed by atoms with van der Waals surface area (Å²) in [6, 6.07) is 8.28. The molecule has 0 aliphatic heterocycles. The van der Waals surface area contributed by atoms with Gasteiger partial charge in [0.05, 0.1) is 16.3 Å². The van der Waals surface area contributed by atoms with Gasteiger partial charge in [-0.3, -0.25) is 0 Å². The summed E-state index contributed by atoms with van der Waals surface area (Å²) in [5, 5.41) is 1.06. The van der Waals surface area contributed by atoms with Crippen molar-refractivity contribution in [3.05, 3.63) is 29.3 Å². The van der Waals surface area contributed by atoms with Gasteiger partial charge in [0.1, 0.15) is 5.01 Å². The highest BCUT2D eigenvalue weighted by Gasteiger charge is 2.10. The molecule has 80 valence electrons. The van der Waals surface area contributed by atoms with Crippen LogP contribution in [0.4, 0.5) is 0 Å². The molecule has 2 rings (SSSR count). The summed E-state index contributed by atoms with van der Waals surface area (Å²) >= 11 is 3.54. The molecule has 0 unspecified atom stereocenters. The van der Waals surface area contributed by atoms with E-state index in [4.69, 9.17) is 5.73 Å². The van der Waals surface area contributed by atoms with E-state index in [-0.39, 0.29) is 6.04 Å². The average Bonchev–Trinajstić information content (AvgIpc) is 2.69. The molecule has 1 aromatic carbocycles. The molecule has 1 atom stereocenters. The van der Waals surface area contributed by atoms with Gasteiger partial charge in [0.2, 0.25) is 0 Å². The number of nitrogens with two attached hydrogens (primary N) is 1. The quantitative estimate of drug-likeness (QED) is 0.889. The molecule has 2 nitrogen and oxygen atoms in total. The van der Waals surface area contributed by atoms with Gasteiger partial charge in [-0.1, -0.05) is 12.1 Å². The van der Waals surface area contributed by atoms with Gasteiger partial charge in [-0.2, -0.15) is 11.8 Å². The van der Waals surface area contributed by atoms with Crippen molar-refractivity contribution in [3.63, 3.8) is 0 Å². The number of thiazole rings is 1. The second-order valence-corrected chi connectivity index (χ2v) is 5.46. The lowest BCUT2D eigenvalue weighted by atomic mass is 10.2. The van der Waals surface area contributed by atoms with E-state index in [0.29, 0.717) is 0 Å². The zero-order valence-corrected chi connectivity index (χ0v) is 10.3. The monoisotopic (exact) mass is 238 g/mol. The van der Waals surface area contributed by atoms with E-state index in [1.54, 1.807) is 11.3 Å². The van der Waals surface area contributed by atoms with E-state index in [1.165, 1.54) is 4.70 Å². The standard InChI is InChI=1S/C11H14N2S2/c1-14-7-6-8(12)11-13-9-4-2-3-5-10(9)15-11/h2-5,8H,6-7,12H2,1H3/t8-/m1/s1. The Balaban J connectivity index is 2.20. The van der Waals surface area contributed by atoms with Crippen molar-refractivity contribution in [2.24, 2.45) is 5.73 Å². The van der Waals surface area contributed by atoms with Gasteiger partial charge in [-0.15, -0.1) is 11.3 Å². The molecule has 0 radical (unpaired) electrons. The van der Waals surface area contributed by atoms with Crippen molar-refractivity contribution in [2.45, 2.75) is 12.5 Å². The first kappa shape index (κ1) is 10.9. The largest absolute Gasteiger partial charge is 0.322 e. The number of aromatic nitrogens is 1. The smallest absolute Gasteiger partial charge is 0.111 e. The first-order valence-corrected chi connectivity index (χ1v) is 7.12. The lowest BCUT2D eigenvalue weighted by Gasteiger charge is -2.05. The Morgan fingerprint density at radius 3 is 3.00 bits per heavy atom. The highest BCUT2D eigenvalue weighted by atomic mass is 32.2. The molecule has 0 fully saturated rings. The molecular weight excluding hydrogens is 224 g/mol. The normalized spacial score (nSPS) is 13.2. The van der Waals surface area contributed by atoms with E-state index < -0.39 is 0 Å². The molecule has 0 bridgehead atoms. The van der Waals surface area contributed by atoms with Gasteiger partial charge < -0.3 is 5.73 Å². The van der Waals surface area contributed by atoms with Gasteiger partial charge in [0.15, 0.2) is 0 Å². The van der Waals surface area contributed by atoms with E-state index >= 15 is 0 Å². The van der Waals surface area contributed by atoms with Crippen LogP contribution in [0.5, 0.6) is 0 Å². The molecule has 1 aromatic heterocycles. The van der Waals surface area contributed by atoms with E-state index in [1.807, 2.05) is 30.0 Å². The van der Waals surface area contributed by atoms with E-state index in [9.17, 15) is 0 Å². The van der Waals surface area contributed by atoms with Gasteiger partial charge in [0.25, 0.3) is 0 Å². The van der Waals surface area contributed by atoms with Crippen LogP contribution in [0, 0.1) is 0 Å². The maximum absolute atomic E-state index is 6.08. The molecule has 0 spiro atoms. The van der Waals surface area contributed by atoms with Crippen LogP contribution in [-0.2, 0) is 0 Å². The van der Waals surface area contributed by atoms with E-state index in [2.05, 4.69) is 17.3 Å². The van der Waals surface area contributed by atoms with Gasteiger partial charge >= 0.3 is 0 Å². The Morgan fingerprint density at radius 1 is 1.47 bits per heavy atom. The SMILES string of the molecule is CSCC[C@@H](N)c1nc2ccccc2s1. The van der Waals surface area contributed by atoms with Gasteiger partial charge in [-0.25, -0.2) is 4.98 Å². The fourth-order valence-corrected chi connectivity index (χ4v) is 2.91. The lowest BCUT2D eigenvalue weighted by Crippen LogP contribution is -2.10. The van der Waals surface area contributed by atoms with Crippen molar-refractivity contribution in [2.75, 3.05) is 12.0 Å². The first-order chi connectivity index (χ1) is 7.31. The molecule has 0 amide bonds. The topological polar surface area (TPSA) is 38.9 Å². The van der Waals surface area contributed by atoms with Crippen LogP contribution >= 0.6 is 23.1 Å². The molecule has 0 aliphatic rings. The number of nitrogens with zero attached hydrogens (tertiary/aromatic N) is 1. The summed E-state index contributed by atoms with van der Waals surface area (Å²) in [4.78, 5) is 4.55. The minimum atomic E-state index is 0.0925. The summed E-state index contributed by atoms with van der Waals surface area (Å²) < 4.78 is 1.23. The Morgan fingerprint density at radius 2 is 2.27 bits per heavy atom. The summed E-state index contributed by atoms with van der Waals surface area (Å²) in [6.45, 7) is 0. The fourth-order valence-electron chi connectivity index (χ4n) is 1.42. The van der Waals surface area contributed by atoms with Gasteiger partial charge in [0, 0.05) is 0 Å². The number of fused-ring (bicyclic) bond motifs is 1. The maximum Gasteiger partial charge on any atom is 0.111 e. The third-order valence-corrected chi connectivity index (χ3v) is 4.07. The number of benzene rings is 1. The molecule has 1 heterocycles. The first-order valence-electron chi connectivity index (χ1n) is 4.91. The minimum absolute atomic E-state index is 0.0925. The van der Waals surface area contributed by atoms with Crippen LogP contribution in [0.2, 0.25) is 0 Å². The van der Waals surface area contributed by atoms with Crippen LogP contribution in [-0.4, -0.2) is 17.0 Å². The highest BCUT2D eigenvalue weighted by molar-refractivity contribution is 7.98. The third kappa shape index (κ3) is 2.51. The third-order valence-electron chi connectivity index (χ3n) is 2.26.